The fraction of sp³-hybridized carbons (Fsp3) is 0.889. The highest BCUT2D eigenvalue weighted by molar-refractivity contribution is 5.84. The third kappa shape index (κ3) is 0.756. The van der Waals surface area contributed by atoms with Crippen molar-refractivity contribution in [3.8, 4) is 0 Å². The van der Waals surface area contributed by atoms with Crippen molar-refractivity contribution in [2.75, 3.05) is 13.2 Å². The third-order valence-electron chi connectivity index (χ3n) is 3.39. The smallest absolute Gasteiger partial charge is 0.161 e. The first-order chi connectivity index (χ1) is 5.86. The Balaban J connectivity index is 1.94. The van der Waals surface area contributed by atoms with Gasteiger partial charge in [0.05, 0.1) is 13.2 Å². The Hall–Kier alpha value is -0.410. The zero-order valence-electron chi connectivity index (χ0n) is 6.86. The van der Waals surface area contributed by atoms with Gasteiger partial charge in [-0.15, -0.1) is 0 Å². The highest BCUT2D eigenvalue weighted by atomic mass is 16.7. The number of hydrogen-bond donors (Lipinski definition) is 0. The van der Waals surface area contributed by atoms with Crippen molar-refractivity contribution in [3.63, 3.8) is 0 Å². The number of carbonyl (C=O) groups is 1. The first kappa shape index (κ1) is 7.04. The van der Waals surface area contributed by atoms with Crippen LogP contribution in [-0.4, -0.2) is 25.3 Å². The average Bonchev–Trinajstić information content (AvgIpc) is 2.61. The molecule has 0 N–H and O–H groups in total. The van der Waals surface area contributed by atoms with Gasteiger partial charge in [0.1, 0.15) is 5.78 Å². The molecule has 1 aliphatic carbocycles. The largest absolute Gasteiger partial charge is 0.352 e. The zero-order valence-corrected chi connectivity index (χ0v) is 6.86. The van der Waals surface area contributed by atoms with Gasteiger partial charge in [-0.05, 0) is 12.3 Å². The van der Waals surface area contributed by atoms with Gasteiger partial charge in [-0.1, -0.05) is 0 Å². The molecule has 0 spiro atoms. The molecular weight excluding hydrogens is 156 g/mol. The van der Waals surface area contributed by atoms with Crippen molar-refractivity contribution in [2.45, 2.75) is 19.1 Å². The van der Waals surface area contributed by atoms with Gasteiger partial charge in [0.25, 0.3) is 0 Å². The van der Waals surface area contributed by atoms with E-state index < -0.39 is 0 Å². The molecule has 3 rings (SSSR count). The van der Waals surface area contributed by atoms with Crippen LogP contribution in [0.15, 0.2) is 0 Å². The van der Waals surface area contributed by atoms with Gasteiger partial charge in [0.15, 0.2) is 6.29 Å². The maximum absolute atomic E-state index is 11.5. The Labute approximate surface area is 71.0 Å². The van der Waals surface area contributed by atoms with E-state index in [1.165, 1.54) is 0 Å². The molecule has 3 aliphatic rings. The summed E-state index contributed by atoms with van der Waals surface area (Å²) in [6.07, 6.45) is 1.59. The van der Waals surface area contributed by atoms with Crippen LogP contribution < -0.4 is 0 Å². The van der Waals surface area contributed by atoms with Gasteiger partial charge in [-0.2, -0.15) is 0 Å². The Morgan fingerprint density at radius 1 is 1.33 bits per heavy atom. The van der Waals surface area contributed by atoms with E-state index in [0.717, 1.165) is 19.4 Å². The monoisotopic (exact) mass is 168 g/mol. The fourth-order valence-electron chi connectivity index (χ4n) is 2.82. The third-order valence-corrected chi connectivity index (χ3v) is 3.39. The summed E-state index contributed by atoms with van der Waals surface area (Å²) in [7, 11) is 0. The molecule has 2 heterocycles. The first-order valence-corrected chi connectivity index (χ1v) is 4.62. The van der Waals surface area contributed by atoms with E-state index in [0.29, 0.717) is 24.2 Å². The molecule has 1 saturated carbocycles. The highest BCUT2D eigenvalue weighted by Gasteiger charge is 2.53. The van der Waals surface area contributed by atoms with Crippen molar-refractivity contribution in [1.29, 1.82) is 0 Å². The number of ether oxygens (including phenoxy) is 2. The van der Waals surface area contributed by atoms with Crippen LogP contribution in [0.4, 0.5) is 0 Å². The summed E-state index contributed by atoms with van der Waals surface area (Å²) in [6.45, 7) is 1.43. The van der Waals surface area contributed by atoms with E-state index in [1.807, 2.05) is 0 Å². The summed E-state index contributed by atoms with van der Waals surface area (Å²) < 4.78 is 10.9. The number of ketones is 1. The van der Waals surface area contributed by atoms with Crippen molar-refractivity contribution in [2.24, 2.45) is 17.8 Å². The van der Waals surface area contributed by atoms with Gasteiger partial charge in [-0.3, -0.25) is 4.79 Å². The number of rotatable bonds is 0. The van der Waals surface area contributed by atoms with E-state index >= 15 is 0 Å². The molecule has 4 atom stereocenters. The van der Waals surface area contributed by atoms with Crippen LogP contribution in [0, 0.1) is 17.8 Å². The Kier molecular flexibility index (Phi) is 1.35. The van der Waals surface area contributed by atoms with Gasteiger partial charge in [0, 0.05) is 18.3 Å². The second-order valence-corrected chi connectivity index (χ2v) is 3.98. The predicted molar refractivity (Wildman–Crippen MR) is 40.4 cm³/mol. The molecule has 2 aliphatic heterocycles. The fourth-order valence-corrected chi connectivity index (χ4v) is 2.82. The summed E-state index contributed by atoms with van der Waals surface area (Å²) in [5.41, 5.74) is 0. The van der Waals surface area contributed by atoms with Crippen LogP contribution in [0.1, 0.15) is 12.8 Å². The normalized spacial score (nSPS) is 51.2. The van der Waals surface area contributed by atoms with E-state index in [4.69, 9.17) is 9.47 Å². The van der Waals surface area contributed by atoms with Gasteiger partial charge in [0.2, 0.25) is 0 Å². The minimum absolute atomic E-state index is 0.0554. The summed E-state index contributed by atoms with van der Waals surface area (Å²) in [6, 6.07) is 0. The molecule has 3 nitrogen and oxygen atoms in total. The first-order valence-electron chi connectivity index (χ1n) is 4.62. The second-order valence-electron chi connectivity index (χ2n) is 3.98. The lowest BCUT2D eigenvalue weighted by Gasteiger charge is -2.28. The van der Waals surface area contributed by atoms with Crippen LogP contribution in [0.25, 0.3) is 0 Å². The zero-order chi connectivity index (χ0) is 8.13. The molecular formula is C9H12O3. The Morgan fingerprint density at radius 3 is 3.17 bits per heavy atom. The molecule has 2 saturated heterocycles. The van der Waals surface area contributed by atoms with Gasteiger partial charge < -0.3 is 9.47 Å². The molecule has 12 heavy (non-hydrogen) atoms. The van der Waals surface area contributed by atoms with Crippen LogP contribution in [-0.2, 0) is 14.3 Å². The average molecular weight is 168 g/mol. The Morgan fingerprint density at radius 2 is 2.25 bits per heavy atom. The molecule has 0 aromatic heterocycles. The van der Waals surface area contributed by atoms with Crippen molar-refractivity contribution < 1.29 is 14.3 Å². The molecule has 66 valence electrons. The maximum atomic E-state index is 11.5. The number of Topliss-reactive ketones (excluding diaryl/α,β-unsaturated/α-hetero) is 1. The SMILES string of the molecule is O=C1CC2CO[C@@H]3OCC[C@H]1[C@H]23. The van der Waals surface area contributed by atoms with Crippen LogP contribution >= 0.6 is 0 Å². The summed E-state index contributed by atoms with van der Waals surface area (Å²) >= 11 is 0. The maximum Gasteiger partial charge on any atom is 0.161 e. The molecule has 0 aromatic carbocycles. The predicted octanol–water partition coefficient (Wildman–Crippen LogP) is 0.584. The van der Waals surface area contributed by atoms with E-state index in [-0.39, 0.29) is 12.2 Å². The van der Waals surface area contributed by atoms with Crippen LogP contribution in [0.5, 0.6) is 0 Å². The highest BCUT2D eigenvalue weighted by Crippen LogP contribution is 2.46. The van der Waals surface area contributed by atoms with Crippen LogP contribution in [0.2, 0.25) is 0 Å². The molecule has 3 heteroatoms. The molecule has 1 unspecified atom stereocenters. The minimum atomic E-state index is -0.0554. The lowest BCUT2D eigenvalue weighted by molar-refractivity contribution is -0.168. The van der Waals surface area contributed by atoms with Gasteiger partial charge >= 0.3 is 0 Å². The molecule has 0 aromatic rings. The quantitative estimate of drug-likeness (QED) is 0.531. The standard InChI is InChI=1S/C9H12O3/c10-7-3-5-4-12-9-8(5)6(7)1-2-11-9/h5-6,8-9H,1-4H2/t5?,6-,8+,9+/m1/s1. The van der Waals surface area contributed by atoms with Crippen LogP contribution in [0.3, 0.4) is 0 Å². The molecule has 0 amide bonds. The number of hydrogen-bond acceptors (Lipinski definition) is 3. The minimum Gasteiger partial charge on any atom is -0.352 e. The summed E-state index contributed by atoms with van der Waals surface area (Å²) in [5.74, 6) is 1.57. The van der Waals surface area contributed by atoms with Crippen molar-refractivity contribution >= 4 is 5.78 Å². The summed E-state index contributed by atoms with van der Waals surface area (Å²) in [5, 5.41) is 0. The van der Waals surface area contributed by atoms with E-state index in [9.17, 15) is 4.79 Å². The number of carbonyl (C=O) groups excluding carboxylic acids is 1. The lowest BCUT2D eigenvalue weighted by atomic mass is 9.87. The molecule has 3 fully saturated rings. The van der Waals surface area contributed by atoms with Crippen molar-refractivity contribution in [3.05, 3.63) is 0 Å². The lowest BCUT2D eigenvalue weighted by Crippen LogP contribution is -2.34. The molecule has 0 bridgehead atoms. The van der Waals surface area contributed by atoms with Gasteiger partial charge in [-0.25, -0.2) is 0 Å². The molecule has 0 radical (unpaired) electrons. The second kappa shape index (κ2) is 2.30. The van der Waals surface area contributed by atoms with E-state index in [1.54, 1.807) is 0 Å². The Bertz CT molecular complexity index is 224. The summed E-state index contributed by atoms with van der Waals surface area (Å²) in [4.78, 5) is 11.5. The topological polar surface area (TPSA) is 35.5 Å². The van der Waals surface area contributed by atoms with E-state index in [2.05, 4.69) is 0 Å². The van der Waals surface area contributed by atoms with Crippen molar-refractivity contribution in [1.82, 2.24) is 0 Å².